The van der Waals surface area contributed by atoms with E-state index in [9.17, 15) is 0 Å². The Labute approximate surface area is 289 Å². The molecule has 1 spiro atoms. The van der Waals surface area contributed by atoms with Crippen LogP contribution in [0.4, 0.5) is 0 Å². The highest BCUT2D eigenvalue weighted by Crippen LogP contribution is 2.64. The second-order valence-corrected chi connectivity index (χ2v) is 13.3. The smallest absolute Gasteiger partial charge is 0.160 e. The van der Waals surface area contributed by atoms with Gasteiger partial charge in [-0.05, 0) is 62.7 Å². The van der Waals surface area contributed by atoms with Gasteiger partial charge >= 0.3 is 0 Å². The van der Waals surface area contributed by atoms with Gasteiger partial charge in [-0.1, -0.05) is 152 Å². The van der Waals surface area contributed by atoms with Crippen LogP contribution in [0.3, 0.4) is 0 Å². The summed E-state index contributed by atoms with van der Waals surface area (Å²) in [6, 6.07) is 60.3. The van der Waals surface area contributed by atoms with Crippen molar-refractivity contribution in [3.05, 3.63) is 192 Å². The minimum Gasteiger partial charge on any atom is -0.459 e. The second-order valence-electron chi connectivity index (χ2n) is 13.3. The van der Waals surface area contributed by atoms with Gasteiger partial charge in [-0.15, -0.1) is 0 Å². The van der Waals surface area contributed by atoms with Gasteiger partial charge in [0.25, 0.3) is 0 Å². The number of rotatable bonds is 3. The molecule has 1 atom stereocenters. The molecule has 0 aliphatic heterocycles. The van der Waals surface area contributed by atoms with Crippen LogP contribution in [0.25, 0.3) is 77.9 Å². The van der Waals surface area contributed by atoms with E-state index in [0.29, 0.717) is 5.82 Å². The first-order valence-corrected chi connectivity index (χ1v) is 17.1. The Hall–Kier alpha value is -6.58. The van der Waals surface area contributed by atoms with Crippen molar-refractivity contribution in [2.75, 3.05) is 0 Å². The van der Waals surface area contributed by atoms with Crippen molar-refractivity contribution in [2.24, 2.45) is 0 Å². The van der Waals surface area contributed by atoms with E-state index in [1.54, 1.807) is 0 Å². The highest BCUT2D eigenvalue weighted by atomic mass is 16.3. The largest absolute Gasteiger partial charge is 0.459 e. The maximum atomic E-state index is 6.93. The molecule has 2 aromatic heterocycles. The molecule has 11 rings (SSSR count). The average Bonchev–Trinajstić information content (AvgIpc) is 3.81. The summed E-state index contributed by atoms with van der Waals surface area (Å²) >= 11 is 0. The van der Waals surface area contributed by atoms with Crippen LogP contribution >= 0.6 is 0 Å². The number of para-hydroxylation sites is 2. The van der Waals surface area contributed by atoms with E-state index in [1.165, 1.54) is 50.1 Å². The molecule has 0 N–H and O–H groups in total. The third-order valence-corrected chi connectivity index (χ3v) is 10.7. The molecule has 3 nitrogen and oxygen atoms in total. The maximum absolute atomic E-state index is 6.93. The van der Waals surface area contributed by atoms with Crippen LogP contribution in [0.5, 0.6) is 0 Å². The van der Waals surface area contributed by atoms with Gasteiger partial charge in [0.1, 0.15) is 16.8 Å². The predicted octanol–water partition coefficient (Wildman–Crippen LogP) is 11.7. The fourth-order valence-electron chi connectivity index (χ4n) is 8.56. The Morgan fingerprint density at radius 3 is 1.86 bits per heavy atom. The van der Waals surface area contributed by atoms with E-state index in [1.807, 2.05) is 12.1 Å². The van der Waals surface area contributed by atoms with Crippen LogP contribution < -0.4 is 0 Å². The molecule has 0 fully saturated rings. The Morgan fingerprint density at radius 2 is 1.02 bits per heavy atom. The van der Waals surface area contributed by atoms with Crippen molar-refractivity contribution in [1.82, 2.24) is 9.97 Å². The molecule has 50 heavy (non-hydrogen) atoms. The van der Waals surface area contributed by atoms with Gasteiger partial charge in [0.05, 0.1) is 11.2 Å². The minimum atomic E-state index is -0.597. The fraction of sp³-hybridized carbons (Fsp3) is 0.0213. The van der Waals surface area contributed by atoms with Crippen LogP contribution in [0.2, 0.25) is 0 Å². The molecule has 3 heteroatoms. The van der Waals surface area contributed by atoms with Crippen molar-refractivity contribution in [3.63, 3.8) is 0 Å². The Morgan fingerprint density at radius 1 is 0.420 bits per heavy atom. The van der Waals surface area contributed by atoms with Gasteiger partial charge in [-0.25, -0.2) is 9.97 Å². The Balaban J connectivity index is 1.14. The molecule has 7 aromatic carbocycles. The summed E-state index contributed by atoms with van der Waals surface area (Å²) in [5, 5.41) is 2.18. The quantitative estimate of drug-likeness (QED) is 0.194. The SMILES string of the molecule is c1ccc(-c2ccc(-c3nc(-c4ccc5c(c4)C4(c6ccccc6-5)c5ccccc5-c5c4oc4ccccc54)nc4ccccc34)cc2)cc1. The molecular weight excluding hydrogens is 609 g/mol. The first kappa shape index (κ1) is 27.4. The van der Waals surface area contributed by atoms with Crippen molar-refractivity contribution < 1.29 is 4.42 Å². The molecular formula is C47H28N2O. The van der Waals surface area contributed by atoms with E-state index < -0.39 is 5.41 Å². The Bertz CT molecular complexity index is 2810. The van der Waals surface area contributed by atoms with Crippen molar-refractivity contribution in [3.8, 4) is 56.0 Å². The van der Waals surface area contributed by atoms with E-state index >= 15 is 0 Å². The molecule has 232 valence electrons. The third kappa shape index (κ3) is 3.64. The van der Waals surface area contributed by atoms with Gasteiger partial charge < -0.3 is 4.42 Å². The lowest BCUT2D eigenvalue weighted by Crippen LogP contribution is -2.25. The number of furan rings is 1. The van der Waals surface area contributed by atoms with Crippen LogP contribution in [0.15, 0.2) is 174 Å². The van der Waals surface area contributed by atoms with E-state index in [2.05, 4.69) is 158 Å². The van der Waals surface area contributed by atoms with Gasteiger partial charge in [0.2, 0.25) is 0 Å². The monoisotopic (exact) mass is 636 g/mol. The summed E-state index contributed by atoms with van der Waals surface area (Å²) < 4.78 is 6.93. The zero-order chi connectivity index (χ0) is 32.8. The second kappa shape index (κ2) is 10.2. The molecule has 2 aliphatic carbocycles. The van der Waals surface area contributed by atoms with Gasteiger partial charge in [-0.3, -0.25) is 0 Å². The first-order valence-electron chi connectivity index (χ1n) is 17.1. The number of nitrogens with zero attached hydrogens (tertiary/aromatic N) is 2. The number of hydrogen-bond donors (Lipinski definition) is 0. The van der Waals surface area contributed by atoms with E-state index in [4.69, 9.17) is 14.4 Å². The molecule has 0 saturated carbocycles. The van der Waals surface area contributed by atoms with Gasteiger partial charge in [0.15, 0.2) is 5.82 Å². The van der Waals surface area contributed by atoms with E-state index in [0.717, 1.165) is 44.5 Å². The van der Waals surface area contributed by atoms with Crippen molar-refractivity contribution >= 4 is 21.9 Å². The number of benzene rings is 7. The third-order valence-electron chi connectivity index (χ3n) is 10.7. The standard InChI is InChI=1S/C47H28N2O/c1-2-12-29(13-3-1)30-22-24-31(25-23-30)44-36-16-6-10-20-41(36)48-46(49-44)32-26-27-34-33-14-4-8-18-38(33)47(40(34)28-32)39-19-9-5-15-35(39)43-37-17-7-11-21-42(37)50-45(43)47/h1-28H. The molecule has 9 aromatic rings. The number of aromatic nitrogens is 2. The molecule has 1 unspecified atom stereocenters. The Kier molecular flexibility index (Phi) is 5.59. The summed E-state index contributed by atoms with van der Waals surface area (Å²) in [6.07, 6.45) is 0. The van der Waals surface area contributed by atoms with Crippen LogP contribution in [0, 0.1) is 0 Å². The topological polar surface area (TPSA) is 38.9 Å². The van der Waals surface area contributed by atoms with Gasteiger partial charge in [-0.2, -0.15) is 0 Å². The summed E-state index contributed by atoms with van der Waals surface area (Å²) in [5.41, 5.74) is 15.1. The summed E-state index contributed by atoms with van der Waals surface area (Å²) in [5.74, 6) is 1.69. The zero-order valence-corrected chi connectivity index (χ0v) is 27.0. The molecule has 0 radical (unpaired) electrons. The van der Waals surface area contributed by atoms with Gasteiger partial charge in [0, 0.05) is 27.5 Å². The highest BCUT2D eigenvalue weighted by Gasteiger charge is 2.55. The fourth-order valence-corrected chi connectivity index (χ4v) is 8.56. The van der Waals surface area contributed by atoms with Crippen molar-refractivity contribution in [1.29, 1.82) is 0 Å². The summed E-state index contributed by atoms with van der Waals surface area (Å²) in [6.45, 7) is 0. The summed E-state index contributed by atoms with van der Waals surface area (Å²) in [7, 11) is 0. The predicted molar refractivity (Wildman–Crippen MR) is 202 cm³/mol. The van der Waals surface area contributed by atoms with Crippen LogP contribution in [0.1, 0.15) is 22.5 Å². The molecule has 2 heterocycles. The number of hydrogen-bond acceptors (Lipinski definition) is 3. The normalized spacial score (nSPS) is 15.3. The number of fused-ring (bicyclic) bond motifs is 13. The average molecular weight is 637 g/mol. The molecule has 2 aliphatic rings. The molecule has 0 saturated heterocycles. The van der Waals surface area contributed by atoms with Crippen molar-refractivity contribution in [2.45, 2.75) is 5.41 Å². The minimum absolute atomic E-state index is 0.597. The summed E-state index contributed by atoms with van der Waals surface area (Å²) in [4.78, 5) is 10.5. The lowest BCUT2D eigenvalue weighted by Gasteiger charge is -2.28. The molecule has 0 amide bonds. The van der Waals surface area contributed by atoms with E-state index in [-0.39, 0.29) is 0 Å². The van der Waals surface area contributed by atoms with Crippen LogP contribution in [-0.2, 0) is 5.41 Å². The zero-order valence-electron chi connectivity index (χ0n) is 27.0. The lowest BCUT2D eigenvalue weighted by molar-refractivity contribution is 0.507. The van der Waals surface area contributed by atoms with Crippen LogP contribution in [-0.4, -0.2) is 9.97 Å². The first-order chi connectivity index (χ1) is 24.8. The highest BCUT2D eigenvalue weighted by molar-refractivity contribution is 6.04. The maximum Gasteiger partial charge on any atom is 0.160 e. The lowest BCUT2D eigenvalue weighted by atomic mass is 9.73. The molecule has 0 bridgehead atoms.